The highest BCUT2D eigenvalue weighted by Gasteiger charge is 2.29. The quantitative estimate of drug-likeness (QED) is 0.482. The van der Waals surface area contributed by atoms with Crippen LogP contribution >= 0.6 is 0 Å². The largest absolute Gasteiger partial charge is 0.454 e. The number of nitrogens with zero attached hydrogens (tertiary/aromatic N) is 2. The number of aryl methyl sites for hydroxylation is 1. The number of carbonyl (C=O) groups is 1. The minimum atomic E-state index is -0.0616. The maximum atomic E-state index is 13.5. The van der Waals surface area contributed by atoms with Crippen molar-refractivity contribution in [1.82, 2.24) is 9.80 Å². The maximum absolute atomic E-state index is 13.5. The summed E-state index contributed by atoms with van der Waals surface area (Å²) < 4.78 is 11.0. The second-order valence-corrected chi connectivity index (χ2v) is 9.29. The lowest BCUT2D eigenvalue weighted by Gasteiger charge is -2.38. The van der Waals surface area contributed by atoms with Crippen LogP contribution in [0.1, 0.15) is 36.5 Å². The molecule has 2 aliphatic heterocycles. The number of likely N-dealkylation sites (tertiary alicyclic amines) is 1. The van der Waals surface area contributed by atoms with E-state index >= 15 is 0 Å². The Hall–Kier alpha value is -3.51. The molecule has 0 bridgehead atoms. The van der Waals surface area contributed by atoms with Crippen molar-refractivity contribution in [3.63, 3.8) is 0 Å². The van der Waals surface area contributed by atoms with Gasteiger partial charge in [-0.2, -0.15) is 0 Å². The number of hydrogen-bond acceptors (Lipinski definition) is 4. The zero-order chi connectivity index (χ0) is 24.0. The fourth-order valence-corrected chi connectivity index (χ4v) is 4.85. The predicted octanol–water partition coefficient (Wildman–Crippen LogP) is 5.68. The SMILES string of the molecule is CCc1ccc(NC(=O)N(Cc2ccc3c(c2)OCO3)C2CCN(Cc3ccccc3)CC2)cc1. The lowest BCUT2D eigenvalue weighted by molar-refractivity contribution is 0.119. The van der Waals surface area contributed by atoms with Gasteiger partial charge in [-0.05, 0) is 60.2 Å². The molecule has 0 radical (unpaired) electrons. The van der Waals surface area contributed by atoms with E-state index in [2.05, 4.69) is 59.6 Å². The summed E-state index contributed by atoms with van der Waals surface area (Å²) in [6.45, 7) is 5.79. The van der Waals surface area contributed by atoms with Gasteiger partial charge in [-0.25, -0.2) is 4.79 Å². The summed E-state index contributed by atoms with van der Waals surface area (Å²) in [4.78, 5) is 18.0. The van der Waals surface area contributed by atoms with Gasteiger partial charge in [0.05, 0.1) is 0 Å². The number of anilines is 1. The molecule has 182 valence electrons. The molecule has 6 nitrogen and oxygen atoms in total. The van der Waals surface area contributed by atoms with E-state index in [1.165, 1.54) is 11.1 Å². The average Bonchev–Trinajstić information content (AvgIpc) is 3.37. The van der Waals surface area contributed by atoms with Gasteiger partial charge in [-0.15, -0.1) is 0 Å². The fraction of sp³-hybridized carbons (Fsp3) is 0.345. The minimum absolute atomic E-state index is 0.0616. The molecule has 0 atom stereocenters. The van der Waals surface area contributed by atoms with Gasteiger partial charge in [0.15, 0.2) is 11.5 Å². The topological polar surface area (TPSA) is 54.0 Å². The van der Waals surface area contributed by atoms with Crippen molar-refractivity contribution in [3.05, 3.63) is 89.5 Å². The van der Waals surface area contributed by atoms with Crippen molar-refractivity contribution in [2.75, 3.05) is 25.2 Å². The molecule has 1 saturated heterocycles. The van der Waals surface area contributed by atoms with Crippen LogP contribution in [0.25, 0.3) is 0 Å². The van der Waals surface area contributed by atoms with Crippen molar-refractivity contribution >= 4 is 11.7 Å². The second kappa shape index (κ2) is 10.8. The van der Waals surface area contributed by atoms with Crippen molar-refractivity contribution in [1.29, 1.82) is 0 Å². The Morgan fingerprint density at radius 3 is 2.37 bits per heavy atom. The van der Waals surface area contributed by atoms with Crippen LogP contribution in [0.4, 0.5) is 10.5 Å². The summed E-state index contributed by atoms with van der Waals surface area (Å²) in [5.41, 5.74) is 4.45. The van der Waals surface area contributed by atoms with Gasteiger partial charge in [0.1, 0.15) is 0 Å². The summed E-state index contributed by atoms with van der Waals surface area (Å²) in [5, 5.41) is 3.13. The molecule has 0 aromatic heterocycles. The van der Waals surface area contributed by atoms with Gasteiger partial charge < -0.3 is 19.7 Å². The first kappa shape index (κ1) is 23.2. The summed E-state index contributed by atoms with van der Waals surface area (Å²) in [6.07, 6.45) is 2.87. The first-order valence-corrected chi connectivity index (χ1v) is 12.5. The van der Waals surface area contributed by atoms with Crippen LogP contribution < -0.4 is 14.8 Å². The van der Waals surface area contributed by atoms with E-state index in [9.17, 15) is 4.79 Å². The number of nitrogens with one attached hydrogen (secondary N) is 1. The van der Waals surface area contributed by atoms with E-state index in [1.807, 2.05) is 35.2 Å². The Kier molecular flexibility index (Phi) is 7.19. The van der Waals surface area contributed by atoms with Crippen LogP contribution in [-0.4, -0.2) is 41.8 Å². The zero-order valence-electron chi connectivity index (χ0n) is 20.3. The van der Waals surface area contributed by atoms with E-state index in [0.717, 1.165) is 61.6 Å². The van der Waals surface area contributed by atoms with Crippen LogP contribution in [0.5, 0.6) is 11.5 Å². The molecule has 2 aliphatic rings. The maximum Gasteiger partial charge on any atom is 0.322 e. The third kappa shape index (κ3) is 5.77. The van der Waals surface area contributed by atoms with E-state index in [4.69, 9.17) is 9.47 Å². The number of urea groups is 1. The second-order valence-electron chi connectivity index (χ2n) is 9.29. The molecule has 35 heavy (non-hydrogen) atoms. The minimum Gasteiger partial charge on any atom is -0.454 e. The Morgan fingerprint density at radius 1 is 0.914 bits per heavy atom. The van der Waals surface area contributed by atoms with E-state index in [0.29, 0.717) is 6.54 Å². The number of ether oxygens (including phenoxy) is 2. The third-order valence-corrected chi connectivity index (χ3v) is 6.91. The van der Waals surface area contributed by atoms with Crippen molar-refractivity contribution in [2.24, 2.45) is 0 Å². The molecular formula is C29H33N3O3. The highest BCUT2D eigenvalue weighted by Crippen LogP contribution is 2.33. The number of carbonyl (C=O) groups excluding carboxylic acids is 1. The zero-order valence-corrected chi connectivity index (χ0v) is 20.3. The summed E-state index contributed by atoms with van der Waals surface area (Å²) in [7, 11) is 0. The molecule has 2 heterocycles. The highest BCUT2D eigenvalue weighted by molar-refractivity contribution is 5.89. The summed E-state index contributed by atoms with van der Waals surface area (Å²) in [5.74, 6) is 1.51. The van der Waals surface area contributed by atoms with Crippen molar-refractivity contribution in [3.8, 4) is 11.5 Å². The molecule has 0 saturated carbocycles. The smallest absolute Gasteiger partial charge is 0.322 e. The molecular weight excluding hydrogens is 438 g/mol. The summed E-state index contributed by atoms with van der Waals surface area (Å²) in [6, 6.07) is 24.7. The molecule has 1 fully saturated rings. The van der Waals surface area contributed by atoms with Gasteiger partial charge in [-0.3, -0.25) is 4.90 Å². The van der Waals surface area contributed by atoms with Crippen LogP contribution in [0.3, 0.4) is 0 Å². The molecule has 5 rings (SSSR count). The number of benzene rings is 3. The van der Waals surface area contributed by atoms with Gasteiger partial charge in [0.25, 0.3) is 0 Å². The molecule has 0 unspecified atom stereocenters. The lowest BCUT2D eigenvalue weighted by atomic mass is 10.0. The molecule has 3 aromatic rings. The Morgan fingerprint density at radius 2 is 1.63 bits per heavy atom. The van der Waals surface area contributed by atoms with E-state index < -0.39 is 0 Å². The number of hydrogen-bond donors (Lipinski definition) is 1. The lowest BCUT2D eigenvalue weighted by Crippen LogP contribution is -2.48. The average molecular weight is 472 g/mol. The Balaban J connectivity index is 1.29. The van der Waals surface area contributed by atoms with Crippen LogP contribution in [-0.2, 0) is 19.5 Å². The van der Waals surface area contributed by atoms with Crippen LogP contribution in [0, 0.1) is 0 Å². The monoisotopic (exact) mass is 471 g/mol. The molecule has 2 amide bonds. The first-order chi connectivity index (χ1) is 17.2. The Bertz CT molecular complexity index is 1130. The number of piperidine rings is 1. The van der Waals surface area contributed by atoms with Gasteiger partial charge in [0, 0.05) is 37.9 Å². The number of fused-ring (bicyclic) bond motifs is 1. The molecule has 0 aliphatic carbocycles. The highest BCUT2D eigenvalue weighted by atomic mass is 16.7. The van der Waals surface area contributed by atoms with Gasteiger partial charge >= 0.3 is 6.03 Å². The predicted molar refractivity (Wildman–Crippen MR) is 138 cm³/mol. The van der Waals surface area contributed by atoms with E-state index in [-0.39, 0.29) is 18.9 Å². The Labute approximate surface area is 207 Å². The van der Waals surface area contributed by atoms with Crippen LogP contribution in [0.15, 0.2) is 72.8 Å². The molecule has 3 aromatic carbocycles. The molecule has 6 heteroatoms. The number of amides is 2. The van der Waals surface area contributed by atoms with Crippen LogP contribution in [0.2, 0.25) is 0 Å². The third-order valence-electron chi connectivity index (χ3n) is 6.91. The van der Waals surface area contributed by atoms with Crippen molar-refractivity contribution < 1.29 is 14.3 Å². The first-order valence-electron chi connectivity index (χ1n) is 12.5. The standard InChI is InChI=1S/C29H33N3O3/c1-2-22-8-11-25(12-9-22)30-29(33)32(20-24-10-13-27-28(18-24)35-21-34-27)26-14-16-31(17-15-26)19-23-6-4-3-5-7-23/h3-13,18,26H,2,14-17,19-21H2,1H3,(H,30,33). The van der Waals surface area contributed by atoms with Gasteiger partial charge in [0.2, 0.25) is 6.79 Å². The van der Waals surface area contributed by atoms with E-state index in [1.54, 1.807) is 0 Å². The molecule has 0 spiro atoms. The van der Waals surface area contributed by atoms with Gasteiger partial charge in [-0.1, -0.05) is 55.5 Å². The van der Waals surface area contributed by atoms with Crippen molar-refractivity contribution in [2.45, 2.75) is 45.3 Å². The number of rotatable bonds is 7. The normalized spacial score (nSPS) is 15.7. The summed E-state index contributed by atoms with van der Waals surface area (Å²) >= 11 is 0. The fourth-order valence-electron chi connectivity index (χ4n) is 4.85. The molecule has 1 N–H and O–H groups in total.